The van der Waals surface area contributed by atoms with Crippen LogP contribution in [-0.2, 0) is 0 Å². The highest BCUT2D eigenvalue weighted by atomic mass is 127. The van der Waals surface area contributed by atoms with Gasteiger partial charge in [0.2, 0.25) is 0 Å². The summed E-state index contributed by atoms with van der Waals surface area (Å²) in [5.74, 6) is 0. The van der Waals surface area contributed by atoms with Gasteiger partial charge in [0.25, 0.3) is 0 Å². The number of nitrogens with zero attached hydrogens (tertiary/aromatic N) is 2. The zero-order valence-electron chi connectivity index (χ0n) is 11.4. The van der Waals surface area contributed by atoms with Crippen LogP contribution in [0.5, 0.6) is 0 Å². The highest BCUT2D eigenvalue weighted by molar-refractivity contribution is 14.1. The van der Waals surface area contributed by atoms with Gasteiger partial charge in [0, 0.05) is 19.6 Å². The van der Waals surface area contributed by atoms with E-state index in [1.165, 1.54) is 5.57 Å². The van der Waals surface area contributed by atoms with Crippen LogP contribution in [0.2, 0.25) is 0 Å². The van der Waals surface area contributed by atoms with E-state index in [0.29, 0.717) is 16.7 Å². The van der Waals surface area contributed by atoms with Crippen molar-refractivity contribution in [3.63, 3.8) is 0 Å². The number of alkyl halides is 1. The molecule has 4 nitrogen and oxygen atoms in total. The number of rotatable bonds is 6. The molecule has 1 rings (SSSR count). The number of quaternary nitrogens is 1. The first-order valence-corrected chi connectivity index (χ1v) is 6.95. The van der Waals surface area contributed by atoms with Crippen LogP contribution in [0.15, 0.2) is 17.1 Å². The molecule has 17 heavy (non-hydrogen) atoms. The van der Waals surface area contributed by atoms with E-state index >= 15 is 0 Å². The molecule has 2 N–H and O–H groups in total. The largest absolute Gasteiger partial charge is 0.309 e. The second kappa shape index (κ2) is 5.24. The maximum atomic E-state index is 4.18. The van der Waals surface area contributed by atoms with Crippen molar-refractivity contribution in [2.75, 3.05) is 27.7 Å². The Bertz CT molecular complexity index is 322. The lowest BCUT2D eigenvalue weighted by Gasteiger charge is -2.43. The molecule has 0 amide bonds. The van der Waals surface area contributed by atoms with E-state index in [4.69, 9.17) is 0 Å². The quantitative estimate of drug-likeness (QED) is 0.111. The zero-order chi connectivity index (χ0) is 13.3. The van der Waals surface area contributed by atoms with E-state index in [1.54, 1.807) is 13.4 Å². The molecule has 3 atom stereocenters. The summed E-state index contributed by atoms with van der Waals surface area (Å²) in [6.45, 7) is 9.65. The number of halogens is 1. The molecule has 1 aliphatic rings. The molecule has 5 heteroatoms. The summed E-state index contributed by atoms with van der Waals surface area (Å²) in [5.41, 5.74) is 4.55. The third kappa shape index (κ3) is 3.00. The average Bonchev–Trinajstić information content (AvgIpc) is 3.07. The van der Waals surface area contributed by atoms with Crippen LogP contribution in [0.25, 0.3) is 0 Å². The third-order valence-corrected chi connectivity index (χ3v) is 6.24. The molecule has 1 aliphatic heterocycles. The van der Waals surface area contributed by atoms with Crippen LogP contribution in [0, 0.1) is 0 Å². The molecule has 0 bridgehead atoms. The number of hydrogen-bond donors (Lipinski definition) is 2. The Kier molecular flexibility index (Phi) is 4.60. The lowest BCUT2D eigenvalue weighted by atomic mass is 9.89. The highest BCUT2D eigenvalue weighted by Gasteiger charge is 2.53. The van der Waals surface area contributed by atoms with Gasteiger partial charge in [0.05, 0.1) is 14.1 Å². The minimum Gasteiger partial charge on any atom is -0.309 e. The van der Waals surface area contributed by atoms with Crippen LogP contribution in [0.3, 0.4) is 0 Å². The third-order valence-electron chi connectivity index (χ3n) is 3.67. The van der Waals surface area contributed by atoms with Gasteiger partial charge in [-0.1, -0.05) is 34.7 Å². The van der Waals surface area contributed by atoms with Crippen molar-refractivity contribution in [1.82, 2.24) is 10.7 Å². The predicted molar refractivity (Wildman–Crippen MR) is 82.5 cm³/mol. The second-order valence-electron chi connectivity index (χ2n) is 5.24. The van der Waals surface area contributed by atoms with Crippen molar-refractivity contribution in [2.45, 2.75) is 29.4 Å². The van der Waals surface area contributed by atoms with Crippen LogP contribution in [-0.4, -0.2) is 54.1 Å². The topological polar surface area (TPSA) is 46.3 Å². The molecular formula is C12H24IN4+. The molecule has 98 valence electrons. The molecule has 1 saturated heterocycles. The standard InChI is InChI=1S/C12H24IN4/c1-9(2)12(13,11-7-15-11)10(3)17(5,6)16-8-14-4/h8,10-11,15H,1,7H2,2-6H3,(H,14,16)/q+1/t10-,11?,12?/m1/s1. The number of aliphatic imine (C=N–C) groups is 1. The summed E-state index contributed by atoms with van der Waals surface area (Å²) >= 11 is 2.56. The van der Waals surface area contributed by atoms with Crippen molar-refractivity contribution in [3.8, 4) is 0 Å². The van der Waals surface area contributed by atoms with Crippen molar-refractivity contribution in [1.29, 1.82) is 0 Å². The van der Waals surface area contributed by atoms with Gasteiger partial charge in [-0.15, -0.1) is 0 Å². The molecule has 1 fully saturated rings. The first-order valence-electron chi connectivity index (χ1n) is 5.87. The SMILES string of the molecule is C=C(C)C(I)(C1CN1)[C@@H](C)[N+](C)(C)NC=NC. The fraction of sp³-hybridized carbons (Fsp3) is 0.750. The van der Waals surface area contributed by atoms with Crippen molar-refractivity contribution < 1.29 is 4.59 Å². The molecule has 0 aromatic rings. The van der Waals surface area contributed by atoms with E-state index in [9.17, 15) is 0 Å². The predicted octanol–water partition coefficient (Wildman–Crippen LogP) is 1.34. The maximum absolute atomic E-state index is 4.18. The molecule has 0 aromatic heterocycles. The van der Waals surface area contributed by atoms with Crippen LogP contribution >= 0.6 is 22.6 Å². The monoisotopic (exact) mass is 351 g/mol. The van der Waals surface area contributed by atoms with E-state index < -0.39 is 0 Å². The summed E-state index contributed by atoms with van der Waals surface area (Å²) in [7, 11) is 6.09. The first-order chi connectivity index (χ1) is 7.76. The first kappa shape index (κ1) is 14.9. The van der Waals surface area contributed by atoms with Crippen LogP contribution in [0.1, 0.15) is 13.8 Å². The normalized spacial score (nSPS) is 25.4. The van der Waals surface area contributed by atoms with Gasteiger partial charge in [-0.05, 0) is 13.8 Å². The lowest BCUT2D eigenvalue weighted by molar-refractivity contribution is -0.946. The number of nitrogens with one attached hydrogen (secondary N) is 2. The van der Waals surface area contributed by atoms with Crippen molar-refractivity contribution in [2.24, 2.45) is 4.99 Å². The molecule has 2 unspecified atom stereocenters. The maximum Gasteiger partial charge on any atom is 0.131 e. The molecular weight excluding hydrogens is 327 g/mol. The summed E-state index contributed by atoms with van der Waals surface area (Å²) in [6, 6.07) is 0.923. The van der Waals surface area contributed by atoms with E-state index in [0.717, 1.165) is 6.54 Å². The van der Waals surface area contributed by atoms with Crippen LogP contribution in [0.4, 0.5) is 0 Å². The Morgan fingerprint density at radius 1 is 1.71 bits per heavy atom. The molecule has 0 radical (unpaired) electrons. The van der Waals surface area contributed by atoms with Crippen molar-refractivity contribution >= 4 is 28.9 Å². The van der Waals surface area contributed by atoms with Gasteiger partial charge >= 0.3 is 0 Å². The summed E-state index contributed by atoms with van der Waals surface area (Å²) in [6.07, 6.45) is 1.76. The molecule has 0 aromatic carbocycles. The summed E-state index contributed by atoms with van der Waals surface area (Å²) < 4.78 is 0.751. The smallest absolute Gasteiger partial charge is 0.131 e. The fourth-order valence-corrected chi connectivity index (χ4v) is 3.23. The van der Waals surface area contributed by atoms with Gasteiger partial charge < -0.3 is 5.32 Å². The average molecular weight is 351 g/mol. The van der Waals surface area contributed by atoms with E-state index in [2.05, 4.69) is 72.8 Å². The molecule has 0 saturated carbocycles. The Morgan fingerprint density at radius 2 is 2.24 bits per heavy atom. The van der Waals surface area contributed by atoms with Gasteiger partial charge in [-0.25, -0.2) is 10.0 Å². The lowest BCUT2D eigenvalue weighted by Crippen LogP contribution is -2.65. The Balaban J connectivity index is 2.91. The molecule has 0 spiro atoms. The Labute approximate surface area is 118 Å². The fourth-order valence-electron chi connectivity index (χ4n) is 2.09. The molecule has 0 aliphatic carbocycles. The van der Waals surface area contributed by atoms with Gasteiger partial charge in [-0.2, -0.15) is 0 Å². The van der Waals surface area contributed by atoms with Gasteiger partial charge in [-0.3, -0.25) is 4.99 Å². The summed E-state index contributed by atoms with van der Waals surface area (Å²) in [5, 5.41) is 3.43. The van der Waals surface area contributed by atoms with Gasteiger partial charge in [0.1, 0.15) is 15.8 Å². The van der Waals surface area contributed by atoms with Crippen LogP contribution < -0.4 is 10.7 Å². The minimum absolute atomic E-state index is 0.0653. The van der Waals surface area contributed by atoms with Gasteiger partial charge in [0.15, 0.2) is 0 Å². The van der Waals surface area contributed by atoms with E-state index in [-0.39, 0.29) is 3.42 Å². The Morgan fingerprint density at radius 3 is 2.59 bits per heavy atom. The van der Waals surface area contributed by atoms with E-state index in [1.807, 2.05) is 0 Å². The summed E-state index contributed by atoms with van der Waals surface area (Å²) in [4.78, 5) is 4.00. The molecule has 1 heterocycles. The second-order valence-corrected chi connectivity index (χ2v) is 7.03. The van der Waals surface area contributed by atoms with Crippen molar-refractivity contribution in [3.05, 3.63) is 12.2 Å². The minimum atomic E-state index is 0.0653. The zero-order valence-corrected chi connectivity index (χ0v) is 13.6. The Hall–Kier alpha value is -0.140. The number of hydrogen-bond acceptors (Lipinski definition) is 2. The highest BCUT2D eigenvalue weighted by Crippen LogP contribution is 2.41.